The smallest absolute Gasteiger partial charge is 0.251 e. The highest BCUT2D eigenvalue weighted by molar-refractivity contribution is 5.96. The molecule has 1 aliphatic heterocycles. The number of nitrogens with one attached hydrogen (secondary N) is 1. The number of nitriles is 1. The first-order valence-electron chi connectivity index (χ1n) is 11.5. The van der Waals surface area contributed by atoms with E-state index in [1.807, 2.05) is 54.7 Å². The van der Waals surface area contributed by atoms with E-state index in [4.69, 9.17) is 9.47 Å². The third-order valence-corrected chi connectivity index (χ3v) is 6.37. The second-order valence-electron chi connectivity index (χ2n) is 8.47. The molecule has 1 N–H and O–H groups in total. The molecule has 0 unspecified atom stereocenters. The summed E-state index contributed by atoms with van der Waals surface area (Å²) in [5.41, 5.74) is 7.44. The van der Waals surface area contributed by atoms with Gasteiger partial charge in [0.25, 0.3) is 5.91 Å². The van der Waals surface area contributed by atoms with Crippen LogP contribution in [0.3, 0.4) is 0 Å². The number of aromatic nitrogens is 1. The Balaban J connectivity index is 1.44. The molecule has 1 saturated heterocycles. The van der Waals surface area contributed by atoms with Crippen LogP contribution in [0.1, 0.15) is 45.6 Å². The average Bonchev–Trinajstić information content (AvgIpc) is 3.34. The fraction of sp³-hybridized carbons (Fsp3) is 0.250. The molecule has 0 spiro atoms. The van der Waals surface area contributed by atoms with Crippen molar-refractivity contribution in [2.75, 3.05) is 20.3 Å². The molecule has 0 bridgehead atoms. The number of carbonyl (C=O) groups is 1. The first-order chi connectivity index (χ1) is 16.7. The van der Waals surface area contributed by atoms with Gasteiger partial charge in [-0.2, -0.15) is 5.26 Å². The van der Waals surface area contributed by atoms with Gasteiger partial charge in [-0.1, -0.05) is 18.2 Å². The normalized spacial score (nSPS) is 15.2. The van der Waals surface area contributed by atoms with Gasteiger partial charge in [0.05, 0.1) is 24.5 Å². The van der Waals surface area contributed by atoms with Crippen molar-refractivity contribution in [3.63, 3.8) is 0 Å². The van der Waals surface area contributed by atoms with Crippen LogP contribution in [0, 0.1) is 11.3 Å². The first-order valence-corrected chi connectivity index (χ1v) is 11.5. The molecule has 1 aliphatic carbocycles. The fourth-order valence-corrected chi connectivity index (χ4v) is 4.50. The van der Waals surface area contributed by atoms with Gasteiger partial charge in [-0.3, -0.25) is 9.78 Å². The number of hydrogen-bond acceptors (Lipinski definition) is 5. The van der Waals surface area contributed by atoms with Crippen LogP contribution in [0.25, 0.3) is 22.8 Å². The molecule has 170 valence electrons. The van der Waals surface area contributed by atoms with Gasteiger partial charge in [0.2, 0.25) is 0 Å². The van der Waals surface area contributed by atoms with Crippen LogP contribution in [-0.4, -0.2) is 37.3 Å². The summed E-state index contributed by atoms with van der Waals surface area (Å²) in [5, 5.41) is 12.4. The molecule has 1 aromatic heterocycles. The van der Waals surface area contributed by atoms with Gasteiger partial charge in [-0.25, -0.2) is 0 Å². The first kappa shape index (κ1) is 21.9. The molecule has 6 nitrogen and oxygen atoms in total. The van der Waals surface area contributed by atoms with Crippen molar-refractivity contribution in [1.82, 2.24) is 10.3 Å². The molecule has 3 aromatic rings. The average molecular weight is 452 g/mol. The maximum Gasteiger partial charge on any atom is 0.251 e. The van der Waals surface area contributed by atoms with Crippen LogP contribution in [0.5, 0.6) is 5.75 Å². The molecule has 0 atom stereocenters. The van der Waals surface area contributed by atoms with E-state index in [2.05, 4.69) is 22.4 Å². The summed E-state index contributed by atoms with van der Waals surface area (Å²) in [4.78, 5) is 16.4. The van der Waals surface area contributed by atoms with Crippen LogP contribution in [0.4, 0.5) is 0 Å². The van der Waals surface area contributed by atoms with E-state index in [-0.39, 0.29) is 12.0 Å². The van der Waals surface area contributed by atoms with Crippen LogP contribution in [0.15, 0.2) is 54.7 Å². The second kappa shape index (κ2) is 9.50. The maximum atomic E-state index is 11.8. The van der Waals surface area contributed by atoms with Crippen LogP contribution in [0.2, 0.25) is 0 Å². The number of rotatable bonds is 5. The van der Waals surface area contributed by atoms with E-state index in [0.717, 1.165) is 52.8 Å². The Hall–Kier alpha value is -3.95. The molecule has 34 heavy (non-hydrogen) atoms. The van der Waals surface area contributed by atoms with E-state index in [1.165, 1.54) is 0 Å². The molecule has 6 heteroatoms. The van der Waals surface area contributed by atoms with Gasteiger partial charge in [-0.05, 0) is 58.7 Å². The fourth-order valence-electron chi connectivity index (χ4n) is 4.50. The number of pyridine rings is 1. The van der Waals surface area contributed by atoms with Crippen molar-refractivity contribution < 1.29 is 14.3 Å². The van der Waals surface area contributed by atoms with Crippen molar-refractivity contribution in [3.8, 4) is 22.9 Å². The predicted octanol–water partition coefficient (Wildman–Crippen LogP) is 4.63. The third-order valence-electron chi connectivity index (χ3n) is 6.37. The minimum absolute atomic E-state index is 0.0807. The number of benzene rings is 2. The summed E-state index contributed by atoms with van der Waals surface area (Å²) in [6.45, 7) is 1.38. The number of carbonyl (C=O) groups excluding carboxylic acids is 1. The summed E-state index contributed by atoms with van der Waals surface area (Å²) in [5.74, 6) is 0.521. The zero-order valence-electron chi connectivity index (χ0n) is 19.0. The summed E-state index contributed by atoms with van der Waals surface area (Å²) < 4.78 is 11.5. The second-order valence-corrected chi connectivity index (χ2v) is 8.47. The van der Waals surface area contributed by atoms with Crippen LogP contribution in [-0.2, 0) is 11.2 Å². The lowest BCUT2D eigenvalue weighted by Crippen LogP contribution is -2.26. The number of ether oxygens (including phenoxy) is 2. The van der Waals surface area contributed by atoms with Crippen molar-refractivity contribution in [2.45, 2.75) is 25.4 Å². The summed E-state index contributed by atoms with van der Waals surface area (Å²) in [6.07, 6.45) is 6.45. The predicted molar refractivity (Wildman–Crippen MR) is 130 cm³/mol. The van der Waals surface area contributed by atoms with E-state index in [9.17, 15) is 10.1 Å². The molecular formula is C28H25N3O3. The van der Waals surface area contributed by atoms with E-state index in [0.29, 0.717) is 30.1 Å². The monoisotopic (exact) mass is 451 g/mol. The van der Waals surface area contributed by atoms with E-state index < -0.39 is 0 Å². The molecule has 2 aromatic carbocycles. The maximum absolute atomic E-state index is 11.8. The number of amides is 1. The molecule has 2 heterocycles. The molecule has 2 aliphatic rings. The molecule has 1 amide bonds. The Morgan fingerprint density at radius 3 is 2.62 bits per heavy atom. The molecule has 0 radical (unpaired) electrons. The lowest BCUT2D eigenvalue weighted by molar-refractivity contribution is 0.0254. The highest BCUT2D eigenvalue weighted by Crippen LogP contribution is 2.38. The van der Waals surface area contributed by atoms with Gasteiger partial charge >= 0.3 is 0 Å². The van der Waals surface area contributed by atoms with E-state index in [1.54, 1.807) is 7.05 Å². The Kier molecular flexibility index (Phi) is 6.11. The number of allylic oxidation sites excluding steroid dienone is 1. The Morgan fingerprint density at radius 1 is 1.12 bits per heavy atom. The largest absolute Gasteiger partial charge is 0.489 e. The third kappa shape index (κ3) is 4.30. The number of fused-ring (bicyclic) bond motifs is 1. The van der Waals surface area contributed by atoms with Crippen LogP contribution >= 0.6 is 0 Å². The van der Waals surface area contributed by atoms with Gasteiger partial charge < -0.3 is 14.8 Å². The Bertz CT molecular complexity index is 1300. The number of nitrogens with zero attached hydrogens (tertiary/aromatic N) is 2. The summed E-state index contributed by atoms with van der Waals surface area (Å²) >= 11 is 0. The van der Waals surface area contributed by atoms with Gasteiger partial charge in [-0.15, -0.1) is 0 Å². The van der Waals surface area contributed by atoms with Gasteiger partial charge in [0.15, 0.2) is 0 Å². The van der Waals surface area contributed by atoms with Crippen molar-refractivity contribution in [3.05, 3.63) is 82.7 Å². The molecule has 0 saturated carbocycles. The van der Waals surface area contributed by atoms with Crippen LogP contribution < -0.4 is 10.1 Å². The molecule has 1 fully saturated rings. The minimum Gasteiger partial charge on any atom is -0.489 e. The van der Waals surface area contributed by atoms with Crippen molar-refractivity contribution in [1.29, 1.82) is 5.26 Å². The highest BCUT2D eigenvalue weighted by atomic mass is 16.5. The quantitative estimate of drug-likeness (QED) is 0.611. The zero-order valence-corrected chi connectivity index (χ0v) is 19.0. The Labute approximate surface area is 198 Å². The number of hydrogen-bond donors (Lipinski definition) is 1. The lowest BCUT2D eigenvalue weighted by Gasteiger charge is -2.24. The lowest BCUT2D eigenvalue weighted by atomic mass is 9.98. The van der Waals surface area contributed by atoms with Gasteiger partial charge in [0.1, 0.15) is 17.9 Å². The summed E-state index contributed by atoms with van der Waals surface area (Å²) in [6, 6.07) is 17.7. The van der Waals surface area contributed by atoms with Crippen molar-refractivity contribution >= 4 is 17.6 Å². The van der Waals surface area contributed by atoms with Gasteiger partial charge in [0, 0.05) is 43.6 Å². The Morgan fingerprint density at radius 2 is 1.88 bits per heavy atom. The standard InChI is InChI=1S/C28H25N3O3/c1-30-28(32)19-4-2-18(3-5-19)21-15-25-24(8-11-31-26(25)16-21)20-6-7-27(22(14-20)17-29)34-23-9-12-33-13-10-23/h2-8,11,14-15,23H,9-10,12-13,16H2,1H3,(H,30,32). The minimum atomic E-state index is -0.100. The SMILES string of the molecule is CNC(=O)c1ccc(C2=Cc3c(-c4ccc(OC5CCOCC5)c(C#N)c4)ccnc3C2)cc1. The highest BCUT2D eigenvalue weighted by Gasteiger charge is 2.21. The zero-order chi connectivity index (χ0) is 23.5. The molecular weight excluding hydrogens is 426 g/mol. The molecule has 5 rings (SSSR count). The summed E-state index contributed by atoms with van der Waals surface area (Å²) in [7, 11) is 1.63. The topological polar surface area (TPSA) is 84.2 Å². The van der Waals surface area contributed by atoms with Crippen molar-refractivity contribution in [2.24, 2.45) is 0 Å². The van der Waals surface area contributed by atoms with E-state index >= 15 is 0 Å².